The van der Waals surface area contributed by atoms with Crippen LogP contribution in [0.25, 0.3) is 0 Å². The SMILES string of the molecule is CCNC(=S)NCc1nc[nH]c1C. The summed E-state index contributed by atoms with van der Waals surface area (Å²) >= 11 is 5.01. The van der Waals surface area contributed by atoms with Gasteiger partial charge in [-0.2, -0.15) is 0 Å². The minimum Gasteiger partial charge on any atom is -0.363 e. The molecule has 0 amide bonds. The highest BCUT2D eigenvalue weighted by Crippen LogP contribution is 1.98. The van der Waals surface area contributed by atoms with E-state index in [1.807, 2.05) is 13.8 Å². The van der Waals surface area contributed by atoms with E-state index >= 15 is 0 Å². The van der Waals surface area contributed by atoms with E-state index in [0.717, 1.165) is 17.9 Å². The van der Waals surface area contributed by atoms with Gasteiger partial charge in [-0.25, -0.2) is 4.98 Å². The summed E-state index contributed by atoms with van der Waals surface area (Å²) in [7, 11) is 0. The van der Waals surface area contributed by atoms with Crippen molar-refractivity contribution in [2.24, 2.45) is 0 Å². The van der Waals surface area contributed by atoms with Gasteiger partial charge in [0.25, 0.3) is 0 Å². The number of aromatic nitrogens is 2. The van der Waals surface area contributed by atoms with Gasteiger partial charge in [0.05, 0.1) is 18.6 Å². The highest BCUT2D eigenvalue weighted by molar-refractivity contribution is 7.80. The zero-order valence-electron chi connectivity index (χ0n) is 7.85. The molecule has 0 unspecified atom stereocenters. The van der Waals surface area contributed by atoms with Crippen molar-refractivity contribution in [1.82, 2.24) is 20.6 Å². The lowest BCUT2D eigenvalue weighted by Gasteiger charge is -2.07. The second-order valence-electron chi connectivity index (χ2n) is 2.69. The zero-order valence-corrected chi connectivity index (χ0v) is 8.66. The Morgan fingerprint density at radius 1 is 1.62 bits per heavy atom. The van der Waals surface area contributed by atoms with Crippen LogP contribution in [-0.4, -0.2) is 21.6 Å². The average Bonchev–Trinajstić information content (AvgIpc) is 2.48. The molecule has 1 aromatic rings. The molecule has 1 aromatic heterocycles. The summed E-state index contributed by atoms with van der Waals surface area (Å²) in [5.74, 6) is 0. The Kier molecular flexibility index (Phi) is 3.70. The molecule has 0 saturated heterocycles. The lowest BCUT2D eigenvalue weighted by Crippen LogP contribution is -2.34. The molecule has 0 radical (unpaired) electrons. The largest absolute Gasteiger partial charge is 0.363 e. The Bertz CT molecular complexity index is 281. The summed E-state index contributed by atoms with van der Waals surface area (Å²) in [6, 6.07) is 0. The van der Waals surface area contributed by atoms with Crippen LogP contribution in [0.15, 0.2) is 6.33 Å². The van der Waals surface area contributed by atoms with Crippen molar-refractivity contribution in [3.63, 3.8) is 0 Å². The third kappa shape index (κ3) is 3.02. The Hall–Kier alpha value is -1.10. The van der Waals surface area contributed by atoms with Crippen LogP contribution in [0.3, 0.4) is 0 Å². The normalized spacial score (nSPS) is 9.69. The van der Waals surface area contributed by atoms with E-state index in [1.54, 1.807) is 6.33 Å². The van der Waals surface area contributed by atoms with Gasteiger partial charge in [0.15, 0.2) is 5.11 Å². The minimum absolute atomic E-state index is 0.668. The number of nitrogens with one attached hydrogen (secondary N) is 3. The first kappa shape index (κ1) is 9.98. The monoisotopic (exact) mass is 198 g/mol. The number of imidazole rings is 1. The molecule has 0 aromatic carbocycles. The first-order chi connectivity index (χ1) is 6.24. The molecule has 0 spiro atoms. The van der Waals surface area contributed by atoms with Gasteiger partial charge in [-0.1, -0.05) is 0 Å². The fourth-order valence-electron chi connectivity index (χ4n) is 0.952. The van der Waals surface area contributed by atoms with Crippen molar-refractivity contribution in [3.8, 4) is 0 Å². The molecule has 0 atom stereocenters. The molecule has 0 fully saturated rings. The number of thiocarbonyl (C=S) groups is 1. The second kappa shape index (κ2) is 4.81. The molecular weight excluding hydrogens is 184 g/mol. The molecule has 0 aliphatic carbocycles. The van der Waals surface area contributed by atoms with Crippen LogP contribution in [-0.2, 0) is 6.54 Å². The molecule has 1 heterocycles. The van der Waals surface area contributed by atoms with Crippen molar-refractivity contribution in [1.29, 1.82) is 0 Å². The van der Waals surface area contributed by atoms with E-state index in [1.165, 1.54) is 0 Å². The van der Waals surface area contributed by atoms with E-state index in [4.69, 9.17) is 12.2 Å². The predicted molar refractivity (Wildman–Crippen MR) is 56.4 cm³/mol. The lowest BCUT2D eigenvalue weighted by atomic mass is 10.3. The Morgan fingerprint density at radius 3 is 2.92 bits per heavy atom. The van der Waals surface area contributed by atoms with Crippen molar-refractivity contribution in [2.75, 3.05) is 6.54 Å². The van der Waals surface area contributed by atoms with Crippen LogP contribution in [0.1, 0.15) is 18.3 Å². The number of rotatable bonds is 3. The molecule has 4 nitrogen and oxygen atoms in total. The predicted octanol–water partition coefficient (Wildman–Crippen LogP) is 0.702. The highest BCUT2D eigenvalue weighted by atomic mass is 32.1. The summed E-state index contributed by atoms with van der Waals surface area (Å²) in [6.45, 7) is 5.50. The summed E-state index contributed by atoms with van der Waals surface area (Å²) in [5.41, 5.74) is 2.08. The van der Waals surface area contributed by atoms with E-state index in [0.29, 0.717) is 11.7 Å². The van der Waals surface area contributed by atoms with Crippen molar-refractivity contribution in [2.45, 2.75) is 20.4 Å². The van der Waals surface area contributed by atoms with E-state index < -0.39 is 0 Å². The molecule has 0 saturated carbocycles. The van der Waals surface area contributed by atoms with Crippen LogP contribution in [0, 0.1) is 6.92 Å². The van der Waals surface area contributed by atoms with Gasteiger partial charge in [0.1, 0.15) is 0 Å². The van der Waals surface area contributed by atoms with Gasteiger partial charge in [-0.3, -0.25) is 0 Å². The third-order valence-electron chi connectivity index (χ3n) is 1.69. The average molecular weight is 198 g/mol. The lowest BCUT2D eigenvalue weighted by molar-refractivity contribution is 0.831. The van der Waals surface area contributed by atoms with Gasteiger partial charge in [-0.05, 0) is 26.1 Å². The van der Waals surface area contributed by atoms with Gasteiger partial charge in [0, 0.05) is 12.2 Å². The first-order valence-corrected chi connectivity index (χ1v) is 4.65. The Labute approximate surface area is 83.1 Å². The van der Waals surface area contributed by atoms with Crippen molar-refractivity contribution >= 4 is 17.3 Å². The fourth-order valence-corrected chi connectivity index (χ4v) is 1.17. The summed E-state index contributed by atoms with van der Waals surface area (Å²) in [5, 5.41) is 6.75. The number of hydrogen-bond donors (Lipinski definition) is 3. The number of aryl methyl sites for hydroxylation is 1. The maximum Gasteiger partial charge on any atom is 0.166 e. The smallest absolute Gasteiger partial charge is 0.166 e. The molecule has 1 rings (SSSR count). The van der Waals surface area contributed by atoms with Crippen LogP contribution in [0.4, 0.5) is 0 Å². The van der Waals surface area contributed by atoms with Gasteiger partial charge < -0.3 is 15.6 Å². The molecule has 0 aliphatic rings. The number of aromatic amines is 1. The van der Waals surface area contributed by atoms with Crippen LogP contribution in [0.2, 0.25) is 0 Å². The molecule has 13 heavy (non-hydrogen) atoms. The molecule has 0 aliphatic heterocycles. The molecular formula is C8H14N4S. The quantitative estimate of drug-likeness (QED) is 0.626. The Morgan fingerprint density at radius 2 is 2.38 bits per heavy atom. The standard InChI is InChI=1S/C8H14N4S/c1-3-9-8(13)10-4-7-6(2)11-5-12-7/h5H,3-4H2,1-2H3,(H,11,12)(H2,9,10,13). The van der Waals surface area contributed by atoms with E-state index in [-0.39, 0.29) is 0 Å². The maximum atomic E-state index is 5.01. The third-order valence-corrected chi connectivity index (χ3v) is 1.98. The van der Waals surface area contributed by atoms with E-state index in [2.05, 4.69) is 20.6 Å². The molecule has 72 valence electrons. The van der Waals surface area contributed by atoms with Gasteiger partial charge in [-0.15, -0.1) is 0 Å². The minimum atomic E-state index is 0.668. The van der Waals surface area contributed by atoms with Gasteiger partial charge in [0.2, 0.25) is 0 Å². The van der Waals surface area contributed by atoms with Crippen LogP contribution < -0.4 is 10.6 Å². The zero-order chi connectivity index (χ0) is 9.68. The number of hydrogen-bond acceptors (Lipinski definition) is 2. The maximum absolute atomic E-state index is 5.01. The summed E-state index contributed by atoms with van der Waals surface area (Å²) < 4.78 is 0. The highest BCUT2D eigenvalue weighted by Gasteiger charge is 2.00. The van der Waals surface area contributed by atoms with Gasteiger partial charge >= 0.3 is 0 Å². The van der Waals surface area contributed by atoms with Crippen LogP contribution >= 0.6 is 12.2 Å². The second-order valence-corrected chi connectivity index (χ2v) is 3.10. The Balaban J connectivity index is 2.35. The number of H-pyrrole nitrogens is 1. The molecule has 5 heteroatoms. The topological polar surface area (TPSA) is 52.7 Å². The summed E-state index contributed by atoms with van der Waals surface area (Å²) in [4.78, 5) is 7.15. The first-order valence-electron chi connectivity index (χ1n) is 4.24. The summed E-state index contributed by atoms with van der Waals surface area (Å²) in [6.07, 6.45) is 1.68. The van der Waals surface area contributed by atoms with E-state index in [9.17, 15) is 0 Å². The van der Waals surface area contributed by atoms with Crippen molar-refractivity contribution < 1.29 is 0 Å². The number of nitrogens with zero attached hydrogens (tertiary/aromatic N) is 1. The van der Waals surface area contributed by atoms with Crippen LogP contribution in [0.5, 0.6) is 0 Å². The van der Waals surface area contributed by atoms with Crippen molar-refractivity contribution in [3.05, 3.63) is 17.7 Å². The molecule has 0 bridgehead atoms. The fraction of sp³-hybridized carbons (Fsp3) is 0.500. The molecule has 3 N–H and O–H groups in total.